The summed E-state index contributed by atoms with van der Waals surface area (Å²) >= 11 is 0. The molecular weight excluding hydrogens is 311 g/mol. The number of hydrogen-bond acceptors (Lipinski definition) is 4. The number of nitrogens with zero attached hydrogens (tertiary/aromatic N) is 1. The normalized spacial score (nSPS) is 17.5. The molecule has 1 aliphatic heterocycles. The highest BCUT2D eigenvalue weighted by Gasteiger charge is 2.30. The maximum atomic E-state index is 13.6. The summed E-state index contributed by atoms with van der Waals surface area (Å²) in [6.07, 6.45) is 0.607. The molecule has 2 N–H and O–H groups in total. The van der Waals surface area contributed by atoms with E-state index >= 15 is 0 Å². The van der Waals surface area contributed by atoms with Crippen LogP contribution in [0, 0.1) is 11.2 Å². The molecule has 0 aromatic heterocycles. The SMILES string of the molecule is CC(C)(CCO)CNC(=O)C(c1cccc(F)c1)N1CCOCC1. The molecule has 0 bridgehead atoms. The first-order valence-electron chi connectivity index (χ1n) is 8.39. The zero-order valence-corrected chi connectivity index (χ0v) is 14.4. The first kappa shape index (κ1) is 18.8. The van der Waals surface area contributed by atoms with Gasteiger partial charge in [0.05, 0.1) is 13.2 Å². The van der Waals surface area contributed by atoms with Gasteiger partial charge in [0, 0.05) is 26.2 Å². The van der Waals surface area contributed by atoms with Gasteiger partial charge in [-0.2, -0.15) is 0 Å². The molecular formula is C18H27FN2O3. The maximum Gasteiger partial charge on any atom is 0.241 e. The molecule has 1 aromatic carbocycles. The monoisotopic (exact) mass is 338 g/mol. The van der Waals surface area contributed by atoms with Crippen LogP contribution in [0.15, 0.2) is 24.3 Å². The molecule has 24 heavy (non-hydrogen) atoms. The fourth-order valence-corrected chi connectivity index (χ4v) is 2.85. The summed E-state index contributed by atoms with van der Waals surface area (Å²) < 4.78 is 19.0. The second-order valence-corrected chi connectivity index (χ2v) is 6.96. The molecule has 2 rings (SSSR count). The lowest BCUT2D eigenvalue weighted by Crippen LogP contribution is -2.47. The quantitative estimate of drug-likeness (QED) is 0.795. The molecule has 1 aromatic rings. The van der Waals surface area contributed by atoms with Gasteiger partial charge in [-0.1, -0.05) is 26.0 Å². The van der Waals surface area contributed by atoms with Gasteiger partial charge in [0.25, 0.3) is 0 Å². The smallest absolute Gasteiger partial charge is 0.241 e. The summed E-state index contributed by atoms with van der Waals surface area (Å²) in [5, 5.41) is 12.1. The molecule has 1 fully saturated rings. The second-order valence-electron chi connectivity index (χ2n) is 6.96. The van der Waals surface area contributed by atoms with Crippen LogP contribution in [-0.4, -0.2) is 55.4 Å². The molecule has 0 radical (unpaired) electrons. The van der Waals surface area contributed by atoms with Gasteiger partial charge in [0.2, 0.25) is 5.91 Å². The van der Waals surface area contributed by atoms with Gasteiger partial charge in [-0.3, -0.25) is 9.69 Å². The van der Waals surface area contributed by atoms with Crippen molar-refractivity contribution in [3.8, 4) is 0 Å². The molecule has 5 nitrogen and oxygen atoms in total. The van der Waals surface area contributed by atoms with Crippen molar-refractivity contribution >= 4 is 5.91 Å². The lowest BCUT2D eigenvalue weighted by atomic mass is 9.89. The van der Waals surface area contributed by atoms with Crippen molar-refractivity contribution < 1.29 is 19.0 Å². The Balaban J connectivity index is 2.14. The molecule has 1 amide bonds. The van der Waals surface area contributed by atoms with Crippen LogP contribution in [0.2, 0.25) is 0 Å². The molecule has 0 spiro atoms. The van der Waals surface area contributed by atoms with Gasteiger partial charge in [-0.15, -0.1) is 0 Å². The fourth-order valence-electron chi connectivity index (χ4n) is 2.85. The van der Waals surface area contributed by atoms with E-state index in [2.05, 4.69) is 5.32 Å². The lowest BCUT2D eigenvalue weighted by molar-refractivity contribution is -0.129. The van der Waals surface area contributed by atoms with E-state index in [9.17, 15) is 9.18 Å². The minimum absolute atomic E-state index is 0.0830. The molecule has 1 unspecified atom stereocenters. The number of hydrogen-bond donors (Lipinski definition) is 2. The number of amides is 1. The Morgan fingerprint density at radius 2 is 2.12 bits per heavy atom. The summed E-state index contributed by atoms with van der Waals surface area (Å²) in [5.74, 6) is -0.493. The summed E-state index contributed by atoms with van der Waals surface area (Å²) in [7, 11) is 0. The number of rotatable bonds is 7. The number of carbonyl (C=O) groups excluding carboxylic acids is 1. The average molecular weight is 338 g/mol. The number of morpholine rings is 1. The summed E-state index contributed by atoms with van der Waals surface area (Å²) in [6, 6.07) is 5.67. The van der Waals surface area contributed by atoms with E-state index in [0.717, 1.165) is 0 Å². The molecule has 1 saturated heterocycles. The second kappa shape index (κ2) is 8.55. The Labute approximate surface area is 142 Å². The van der Waals surface area contributed by atoms with Crippen LogP contribution in [0.4, 0.5) is 4.39 Å². The highest BCUT2D eigenvalue weighted by Crippen LogP contribution is 2.24. The summed E-state index contributed by atoms with van der Waals surface area (Å²) in [5.41, 5.74) is 0.455. The third kappa shape index (κ3) is 5.26. The van der Waals surface area contributed by atoms with Crippen LogP contribution < -0.4 is 5.32 Å². The summed E-state index contributed by atoms with van der Waals surface area (Å²) in [6.45, 7) is 6.93. The van der Waals surface area contributed by atoms with E-state index in [1.165, 1.54) is 12.1 Å². The molecule has 0 saturated carbocycles. The van der Waals surface area contributed by atoms with Crippen molar-refractivity contribution in [2.24, 2.45) is 5.41 Å². The lowest BCUT2D eigenvalue weighted by Gasteiger charge is -2.34. The highest BCUT2D eigenvalue weighted by atomic mass is 19.1. The summed E-state index contributed by atoms with van der Waals surface area (Å²) in [4.78, 5) is 14.8. The Morgan fingerprint density at radius 1 is 1.42 bits per heavy atom. The van der Waals surface area contributed by atoms with Gasteiger partial charge in [-0.05, 0) is 29.5 Å². The number of aliphatic hydroxyl groups is 1. The zero-order valence-electron chi connectivity index (χ0n) is 14.4. The number of carbonyl (C=O) groups is 1. The van der Waals surface area contributed by atoms with Gasteiger partial charge in [0.1, 0.15) is 11.9 Å². The number of benzene rings is 1. The van der Waals surface area contributed by atoms with Crippen molar-refractivity contribution in [2.45, 2.75) is 26.3 Å². The van der Waals surface area contributed by atoms with Crippen molar-refractivity contribution in [3.63, 3.8) is 0 Å². The van der Waals surface area contributed by atoms with Crippen molar-refractivity contribution in [1.29, 1.82) is 0 Å². The molecule has 134 valence electrons. The van der Waals surface area contributed by atoms with Gasteiger partial charge < -0.3 is 15.2 Å². The van der Waals surface area contributed by atoms with E-state index in [-0.39, 0.29) is 23.7 Å². The third-order valence-corrected chi connectivity index (χ3v) is 4.35. The van der Waals surface area contributed by atoms with Crippen LogP contribution in [0.3, 0.4) is 0 Å². The van der Waals surface area contributed by atoms with Gasteiger partial charge >= 0.3 is 0 Å². The van der Waals surface area contributed by atoms with Crippen molar-refractivity contribution in [2.75, 3.05) is 39.5 Å². The van der Waals surface area contributed by atoms with Crippen molar-refractivity contribution in [1.82, 2.24) is 10.2 Å². The maximum absolute atomic E-state index is 13.6. The fraction of sp³-hybridized carbons (Fsp3) is 0.611. The van der Waals surface area contributed by atoms with Crippen LogP contribution >= 0.6 is 0 Å². The minimum Gasteiger partial charge on any atom is -0.396 e. The topological polar surface area (TPSA) is 61.8 Å². The molecule has 1 atom stereocenters. The van der Waals surface area contributed by atoms with Crippen LogP contribution in [0.5, 0.6) is 0 Å². The van der Waals surface area contributed by atoms with Crippen LogP contribution in [0.1, 0.15) is 31.9 Å². The highest BCUT2D eigenvalue weighted by molar-refractivity contribution is 5.83. The van der Waals surface area contributed by atoms with E-state index in [1.807, 2.05) is 18.7 Å². The average Bonchev–Trinajstić information content (AvgIpc) is 2.54. The van der Waals surface area contributed by atoms with Crippen LogP contribution in [-0.2, 0) is 9.53 Å². The Morgan fingerprint density at radius 3 is 2.75 bits per heavy atom. The first-order valence-corrected chi connectivity index (χ1v) is 8.39. The van der Waals surface area contributed by atoms with E-state index < -0.39 is 6.04 Å². The number of aliphatic hydroxyl groups excluding tert-OH is 1. The first-order chi connectivity index (χ1) is 11.4. The van der Waals surface area contributed by atoms with E-state index in [4.69, 9.17) is 9.84 Å². The van der Waals surface area contributed by atoms with Gasteiger partial charge in [-0.25, -0.2) is 4.39 Å². The zero-order chi connectivity index (χ0) is 17.6. The minimum atomic E-state index is -0.533. The number of ether oxygens (including phenoxy) is 1. The molecule has 6 heteroatoms. The number of nitrogens with one attached hydrogen (secondary N) is 1. The van der Waals surface area contributed by atoms with Crippen LogP contribution in [0.25, 0.3) is 0 Å². The predicted molar refractivity (Wildman–Crippen MR) is 90.0 cm³/mol. The predicted octanol–water partition coefficient (Wildman–Crippen LogP) is 1.72. The Bertz CT molecular complexity index is 545. The molecule has 0 aliphatic carbocycles. The van der Waals surface area contributed by atoms with Gasteiger partial charge in [0.15, 0.2) is 0 Å². The Kier molecular flexibility index (Phi) is 6.71. The Hall–Kier alpha value is -1.50. The molecule has 1 heterocycles. The van der Waals surface area contributed by atoms with E-state index in [0.29, 0.717) is 44.8 Å². The van der Waals surface area contributed by atoms with E-state index in [1.54, 1.807) is 12.1 Å². The molecule has 1 aliphatic rings. The third-order valence-electron chi connectivity index (χ3n) is 4.35. The largest absolute Gasteiger partial charge is 0.396 e. The standard InChI is InChI=1S/C18H27FN2O3/c1-18(2,6-9-22)13-20-17(23)16(21-7-10-24-11-8-21)14-4-3-5-15(19)12-14/h3-5,12,16,22H,6-11,13H2,1-2H3,(H,20,23). The number of halogens is 1. The van der Waals surface area contributed by atoms with Crippen molar-refractivity contribution in [3.05, 3.63) is 35.6 Å².